The number of hydrogen-bond donors (Lipinski definition) is 2. The molecular formula is C21H30FN3O2. The van der Waals surface area contributed by atoms with E-state index in [2.05, 4.69) is 38.3 Å². The first-order valence-corrected chi connectivity index (χ1v) is 9.68. The predicted molar refractivity (Wildman–Crippen MR) is 104 cm³/mol. The fourth-order valence-corrected chi connectivity index (χ4v) is 4.90. The summed E-state index contributed by atoms with van der Waals surface area (Å²) in [7, 11) is 0. The molecule has 2 N–H and O–H groups in total. The fraction of sp³-hybridized carbons (Fsp3) is 0.619. The zero-order chi connectivity index (χ0) is 19.8. The first-order chi connectivity index (χ1) is 12.5. The number of rotatable bonds is 4. The molecule has 2 saturated heterocycles. The lowest BCUT2D eigenvalue weighted by Crippen LogP contribution is -2.58. The van der Waals surface area contributed by atoms with Gasteiger partial charge >= 0.3 is 0 Å². The van der Waals surface area contributed by atoms with Crippen molar-refractivity contribution in [2.75, 3.05) is 11.4 Å². The van der Waals surface area contributed by atoms with Crippen LogP contribution in [0.4, 0.5) is 10.1 Å². The molecule has 2 amide bonds. The van der Waals surface area contributed by atoms with Crippen LogP contribution in [-0.4, -0.2) is 35.5 Å². The normalized spacial score (nSPS) is 24.9. The van der Waals surface area contributed by atoms with Crippen molar-refractivity contribution in [3.8, 4) is 0 Å². The number of piperidine rings is 1. The molecule has 0 bridgehead atoms. The number of hydrogen-bond acceptors (Lipinski definition) is 3. The minimum Gasteiger partial charge on any atom is -0.351 e. The summed E-state index contributed by atoms with van der Waals surface area (Å²) in [6.07, 6.45) is 2.67. The van der Waals surface area contributed by atoms with E-state index in [4.69, 9.17) is 0 Å². The molecule has 1 atom stereocenters. The van der Waals surface area contributed by atoms with Gasteiger partial charge in [-0.05, 0) is 70.7 Å². The number of halogens is 1. The molecule has 3 rings (SSSR count). The molecular weight excluding hydrogens is 345 g/mol. The van der Waals surface area contributed by atoms with Crippen molar-refractivity contribution in [2.24, 2.45) is 5.92 Å². The van der Waals surface area contributed by atoms with E-state index in [0.717, 1.165) is 12.8 Å². The van der Waals surface area contributed by atoms with Crippen molar-refractivity contribution in [1.29, 1.82) is 0 Å². The van der Waals surface area contributed by atoms with Gasteiger partial charge in [0.15, 0.2) is 0 Å². The van der Waals surface area contributed by atoms with Crippen molar-refractivity contribution in [2.45, 2.75) is 70.5 Å². The van der Waals surface area contributed by atoms with Gasteiger partial charge in [-0.2, -0.15) is 0 Å². The van der Waals surface area contributed by atoms with E-state index in [0.29, 0.717) is 24.6 Å². The Balaban J connectivity index is 1.55. The van der Waals surface area contributed by atoms with E-state index in [-0.39, 0.29) is 41.2 Å². The first kappa shape index (κ1) is 19.8. The highest BCUT2D eigenvalue weighted by Gasteiger charge is 2.39. The third-order valence-electron chi connectivity index (χ3n) is 5.38. The van der Waals surface area contributed by atoms with Crippen molar-refractivity contribution in [3.63, 3.8) is 0 Å². The van der Waals surface area contributed by atoms with Crippen LogP contribution in [0.15, 0.2) is 24.3 Å². The first-order valence-electron chi connectivity index (χ1n) is 9.68. The molecule has 2 aliphatic rings. The third kappa shape index (κ3) is 5.06. The van der Waals surface area contributed by atoms with Crippen molar-refractivity contribution >= 4 is 17.5 Å². The second kappa shape index (κ2) is 7.23. The highest BCUT2D eigenvalue weighted by molar-refractivity contribution is 5.96. The summed E-state index contributed by atoms with van der Waals surface area (Å²) in [5, 5.41) is 6.66. The average molecular weight is 375 g/mol. The molecule has 1 aromatic carbocycles. The summed E-state index contributed by atoms with van der Waals surface area (Å²) in [5.74, 6) is -0.0482. The predicted octanol–water partition coefficient (Wildman–Crippen LogP) is 2.99. The van der Waals surface area contributed by atoms with Crippen LogP contribution in [0.1, 0.15) is 53.4 Å². The van der Waals surface area contributed by atoms with Gasteiger partial charge < -0.3 is 15.5 Å². The van der Waals surface area contributed by atoms with Crippen molar-refractivity contribution in [1.82, 2.24) is 10.6 Å². The van der Waals surface area contributed by atoms with Crippen LogP contribution in [-0.2, 0) is 9.59 Å². The van der Waals surface area contributed by atoms with Crippen LogP contribution in [0, 0.1) is 11.7 Å². The molecule has 27 heavy (non-hydrogen) atoms. The molecule has 5 nitrogen and oxygen atoms in total. The maximum Gasteiger partial charge on any atom is 0.229 e. The van der Waals surface area contributed by atoms with Gasteiger partial charge in [0.1, 0.15) is 5.82 Å². The van der Waals surface area contributed by atoms with Crippen LogP contribution in [0.2, 0.25) is 0 Å². The molecule has 1 unspecified atom stereocenters. The van der Waals surface area contributed by atoms with Crippen LogP contribution in [0.25, 0.3) is 0 Å². The van der Waals surface area contributed by atoms with Gasteiger partial charge in [-0.25, -0.2) is 4.39 Å². The van der Waals surface area contributed by atoms with Gasteiger partial charge in [-0.3, -0.25) is 9.59 Å². The highest BCUT2D eigenvalue weighted by atomic mass is 19.1. The molecule has 0 aliphatic carbocycles. The number of carbonyl (C=O) groups is 2. The summed E-state index contributed by atoms with van der Waals surface area (Å²) in [4.78, 5) is 26.5. The Morgan fingerprint density at radius 3 is 2.37 bits per heavy atom. The van der Waals surface area contributed by atoms with Crippen molar-refractivity contribution in [3.05, 3.63) is 30.1 Å². The standard InChI is InChI=1S/C21H30FN3O2/c1-20(2)11-14(12-21(3,4)24-20)9-18(26)23-16-10-19(27)25(13-16)17-7-5-15(22)6-8-17/h5-8,14,16,24H,9-13H2,1-4H3,(H,23,26). The monoisotopic (exact) mass is 375 g/mol. The van der Waals surface area contributed by atoms with E-state index in [1.165, 1.54) is 12.1 Å². The van der Waals surface area contributed by atoms with Crippen LogP contribution < -0.4 is 15.5 Å². The Hall–Kier alpha value is -1.95. The van der Waals surface area contributed by atoms with Gasteiger partial charge in [0.2, 0.25) is 11.8 Å². The number of benzene rings is 1. The Morgan fingerprint density at radius 1 is 1.19 bits per heavy atom. The van der Waals surface area contributed by atoms with Crippen LogP contribution in [0.3, 0.4) is 0 Å². The largest absolute Gasteiger partial charge is 0.351 e. The molecule has 0 spiro atoms. The molecule has 2 aliphatic heterocycles. The van der Waals surface area contributed by atoms with Gasteiger partial charge in [0, 0.05) is 36.2 Å². The highest BCUT2D eigenvalue weighted by Crippen LogP contribution is 2.34. The molecule has 148 valence electrons. The van der Waals surface area contributed by atoms with Gasteiger partial charge in [0.25, 0.3) is 0 Å². The van der Waals surface area contributed by atoms with E-state index in [9.17, 15) is 14.0 Å². The van der Waals surface area contributed by atoms with Gasteiger partial charge in [-0.15, -0.1) is 0 Å². The number of amides is 2. The quantitative estimate of drug-likeness (QED) is 0.850. The number of anilines is 1. The van der Waals surface area contributed by atoms with E-state index in [1.807, 2.05) is 0 Å². The maximum absolute atomic E-state index is 13.1. The summed E-state index contributed by atoms with van der Waals surface area (Å²) >= 11 is 0. The second-order valence-corrected chi connectivity index (χ2v) is 9.32. The second-order valence-electron chi connectivity index (χ2n) is 9.32. The van der Waals surface area contributed by atoms with Crippen molar-refractivity contribution < 1.29 is 14.0 Å². The minimum atomic E-state index is -0.330. The Morgan fingerprint density at radius 2 is 1.78 bits per heavy atom. The number of carbonyl (C=O) groups excluding carboxylic acids is 2. The zero-order valence-corrected chi connectivity index (χ0v) is 16.6. The van der Waals surface area contributed by atoms with Gasteiger partial charge in [0.05, 0.1) is 6.04 Å². The maximum atomic E-state index is 13.1. The zero-order valence-electron chi connectivity index (χ0n) is 16.6. The number of nitrogens with zero attached hydrogens (tertiary/aromatic N) is 1. The Kier molecular flexibility index (Phi) is 5.30. The molecule has 6 heteroatoms. The topological polar surface area (TPSA) is 61.4 Å². The van der Waals surface area contributed by atoms with Crippen LogP contribution in [0.5, 0.6) is 0 Å². The summed E-state index contributed by atoms with van der Waals surface area (Å²) < 4.78 is 13.1. The molecule has 2 heterocycles. The Labute approximate surface area is 160 Å². The van der Waals surface area contributed by atoms with Gasteiger partial charge in [-0.1, -0.05) is 0 Å². The van der Waals surface area contributed by atoms with E-state index >= 15 is 0 Å². The fourth-order valence-electron chi connectivity index (χ4n) is 4.90. The molecule has 0 radical (unpaired) electrons. The molecule has 0 saturated carbocycles. The lowest BCUT2D eigenvalue weighted by molar-refractivity contribution is -0.123. The smallest absolute Gasteiger partial charge is 0.229 e. The molecule has 0 aromatic heterocycles. The lowest BCUT2D eigenvalue weighted by Gasteiger charge is -2.46. The SMILES string of the molecule is CC1(C)CC(CC(=O)NC2CC(=O)N(c3ccc(F)cc3)C2)CC(C)(C)N1. The molecule has 2 fully saturated rings. The summed E-state index contributed by atoms with van der Waals surface area (Å²) in [6, 6.07) is 5.68. The number of nitrogens with one attached hydrogen (secondary N) is 2. The molecule has 1 aromatic rings. The third-order valence-corrected chi connectivity index (χ3v) is 5.38. The minimum absolute atomic E-state index is 0.00672. The van der Waals surface area contributed by atoms with Crippen LogP contribution >= 0.6 is 0 Å². The van der Waals surface area contributed by atoms with E-state index in [1.54, 1.807) is 17.0 Å². The Bertz CT molecular complexity index is 699. The average Bonchev–Trinajstić information content (AvgIpc) is 2.84. The lowest BCUT2D eigenvalue weighted by atomic mass is 9.74. The van der Waals surface area contributed by atoms with E-state index < -0.39 is 0 Å². The summed E-state index contributed by atoms with van der Waals surface area (Å²) in [6.45, 7) is 9.13. The summed E-state index contributed by atoms with van der Waals surface area (Å²) in [5.41, 5.74) is 0.685.